The van der Waals surface area contributed by atoms with Gasteiger partial charge in [0.1, 0.15) is 5.69 Å². The lowest BCUT2D eigenvalue weighted by atomic mass is 10.1. The highest BCUT2D eigenvalue weighted by molar-refractivity contribution is 5.49. The predicted octanol–water partition coefficient (Wildman–Crippen LogP) is 1.94. The molecule has 23 heavy (non-hydrogen) atoms. The lowest BCUT2D eigenvalue weighted by Crippen LogP contribution is -2.26. The molecule has 0 radical (unpaired) electrons. The fourth-order valence-electron chi connectivity index (χ4n) is 2.77. The summed E-state index contributed by atoms with van der Waals surface area (Å²) in [6.07, 6.45) is 7.84. The molecule has 1 aliphatic heterocycles. The Hall–Kier alpha value is -1.92. The van der Waals surface area contributed by atoms with Crippen LogP contribution in [0.1, 0.15) is 30.5 Å². The zero-order chi connectivity index (χ0) is 15.9. The highest BCUT2D eigenvalue weighted by atomic mass is 16.5. The third kappa shape index (κ3) is 4.53. The first-order chi connectivity index (χ1) is 11.3. The molecule has 1 aliphatic rings. The van der Waals surface area contributed by atoms with Gasteiger partial charge in [-0.3, -0.25) is 0 Å². The van der Waals surface area contributed by atoms with E-state index in [1.165, 1.54) is 18.4 Å². The molecule has 0 spiro atoms. The van der Waals surface area contributed by atoms with Crippen LogP contribution in [-0.4, -0.2) is 46.0 Å². The minimum Gasteiger partial charge on any atom is -0.380 e. The standard InChI is InChI=1S/C17H23N5O/c1-13-14(5-3-10-23-12-15-6-2-7-18-15)11-16(22-21-13)17-19-8-4-9-20-17/h4,8-9,11,15,18H,2-3,5-7,10,12H2,1H3. The Bertz CT molecular complexity index is 614. The maximum atomic E-state index is 5.77. The first kappa shape index (κ1) is 16.0. The van der Waals surface area contributed by atoms with Gasteiger partial charge in [0.15, 0.2) is 5.82 Å². The molecule has 1 fully saturated rings. The molecule has 0 aliphatic carbocycles. The number of aryl methyl sites for hydroxylation is 2. The second-order valence-corrected chi connectivity index (χ2v) is 5.88. The SMILES string of the molecule is Cc1nnc(-c2ncccn2)cc1CCCOCC1CCCN1. The molecule has 2 aromatic heterocycles. The summed E-state index contributed by atoms with van der Waals surface area (Å²) in [5.41, 5.74) is 2.87. The number of rotatable bonds is 7. The van der Waals surface area contributed by atoms with Crippen LogP contribution in [0.5, 0.6) is 0 Å². The minimum absolute atomic E-state index is 0.543. The summed E-state index contributed by atoms with van der Waals surface area (Å²) in [6, 6.07) is 4.37. The van der Waals surface area contributed by atoms with Gasteiger partial charge in [-0.05, 0) is 56.8 Å². The number of hydrogen-bond donors (Lipinski definition) is 1. The van der Waals surface area contributed by atoms with E-state index in [0.29, 0.717) is 11.9 Å². The average Bonchev–Trinajstić information content (AvgIpc) is 3.10. The Morgan fingerprint density at radius 1 is 1.26 bits per heavy atom. The molecule has 122 valence electrons. The van der Waals surface area contributed by atoms with Gasteiger partial charge in [0, 0.05) is 25.0 Å². The highest BCUT2D eigenvalue weighted by Gasteiger charge is 2.13. The third-order valence-electron chi connectivity index (χ3n) is 4.09. The molecule has 2 aromatic rings. The van der Waals surface area contributed by atoms with Gasteiger partial charge in [0.2, 0.25) is 0 Å². The molecular weight excluding hydrogens is 290 g/mol. The Balaban J connectivity index is 1.51. The number of nitrogens with zero attached hydrogens (tertiary/aromatic N) is 4. The molecule has 1 saturated heterocycles. The quantitative estimate of drug-likeness (QED) is 0.788. The Morgan fingerprint density at radius 3 is 2.91 bits per heavy atom. The molecule has 6 nitrogen and oxygen atoms in total. The van der Waals surface area contributed by atoms with Crippen LogP contribution in [0.25, 0.3) is 11.5 Å². The Kier molecular flexibility index (Phi) is 5.60. The maximum absolute atomic E-state index is 5.77. The predicted molar refractivity (Wildman–Crippen MR) is 88.0 cm³/mol. The van der Waals surface area contributed by atoms with Gasteiger partial charge in [-0.25, -0.2) is 9.97 Å². The van der Waals surface area contributed by atoms with Crippen molar-refractivity contribution in [3.05, 3.63) is 35.8 Å². The molecule has 0 aromatic carbocycles. The van der Waals surface area contributed by atoms with Crippen LogP contribution in [0.4, 0.5) is 0 Å². The molecule has 0 bridgehead atoms. The maximum Gasteiger partial charge on any atom is 0.180 e. The van der Waals surface area contributed by atoms with Crippen molar-refractivity contribution in [1.29, 1.82) is 0 Å². The fraction of sp³-hybridized carbons (Fsp3) is 0.529. The van der Waals surface area contributed by atoms with E-state index in [1.807, 2.05) is 13.0 Å². The van der Waals surface area contributed by atoms with Crippen LogP contribution >= 0.6 is 0 Å². The van der Waals surface area contributed by atoms with Crippen LogP contribution in [0.15, 0.2) is 24.5 Å². The second-order valence-electron chi connectivity index (χ2n) is 5.88. The van der Waals surface area contributed by atoms with Crippen LogP contribution in [0.3, 0.4) is 0 Å². The van der Waals surface area contributed by atoms with Crippen molar-refractivity contribution in [2.45, 2.75) is 38.6 Å². The average molecular weight is 313 g/mol. The van der Waals surface area contributed by atoms with Gasteiger partial charge in [-0.2, -0.15) is 5.10 Å². The van der Waals surface area contributed by atoms with E-state index in [1.54, 1.807) is 18.5 Å². The van der Waals surface area contributed by atoms with Crippen LogP contribution in [0.2, 0.25) is 0 Å². The van der Waals surface area contributed by atoms with Gasteiger partial charge >= 0.3 is 0 Å². The highest BCUT2D eigenvalue weighted by Crippen LogP contribution is 2.15. The van der Waals surface area contributed by atoms with Crippen molar-refractivity contribution in [2.75, 3.05) is 19.8 Å². The molecule has 0 amide bonds. The zero-order valence-corrected chi connectivity index (χ0v) is 13.5. The van der Waals surface area contributed by atoms with Crippen LogP contribution in [-0.2, 0) is 11.2 Å². The molecule has 6 heteroatoms. The third-order valence-corrected chi connectivity index (χ3v) is 4.09. The first-order valence-corrected chi connectivity index (χ1v) is 8.24. The topological polar surface area (TPSA) is 72.8 Å². The summed E-state index contributed by atoms with van der Waals surface area (Å²) in [5.74, 6) is 0.616. The van der Waals surface area contributed by atoms with E-state index in [0.717, 1.165) is 44.0 Å². The molecule has 1 N–H and O–H groups in total. The molecule has 1 unspecified atom stereocenters. The normalized spacial score (nSPS) is 17.5. The Morgan fingerprint density at radius 2 is 2.13 bits per heavy atom. The summed E-state index contributed by atoms with van der Waals surface area (Å²) in [4.78, 5) is 8.46. The molecule has 0 saturated carbocycles. The van der Waals surface area contributed by atoms with Gasteiger partial charge in [0.25, 0.3) is 0 Å². The van der Waals surface area contributed by atoms with Gasteiger partial charge in [-0.1, -0.05) is 0 Å². The van der Waals surface area contributed by atoms with Crippen molar-refractivity contribution in [3.63, 3.8) is 0 Å². The van der Waals surface area contributed by atoms with Crippen molar-refractivity contribution in [2.24, 2.45) is 0 Å². The minimum atomic E-state index is 0.543. The van der Waals surface area contributed by atoms with Crippen molar-refractivity contribution >= 4 is 0 Å². The van der Waals surface area contributed by atoms with Crippen molar-refractivity contribution in [3.8, 4) is 11.5 Å². The van der Waals surface area contributed by atoms with E-state index < -0.39 is 0 Å². The van der Waals surface area contributed by atoms with E-state index in [9.17, 15) is 0 Å². The molecule has 3 heterocycles. The van der Waals surface area contributed by atoms with E-state index in [4.69, 9.17) is 4.74 Å². The summed E-state index contributed by atoms with van der Waals surface area (Å²) in [6.45, 7) is 4.70. The number of ether oxygens (including phenoxy) is 1. The summed E-state index contributed by atoms with van der Waals surface area (Å²) < 4.78 is 5.77. The monoisotopic (exact) mass is 313 g/mol. The van der Waals surface area contributed by atoms with Crippen LogP contribution < -0.4 is 5.32 Å². The Labute approximate surface area is 136 Å². The fourth-order valence-corrected chi connectivity index (χ4v) is 2.77. The largest absolute Gasteiger partial charge is 0.380 e. The lowest BCUT2D eigenvalue weighted by molar-refractivity contribution is 0.114. The lowest BCUT2D eigenvalue weighted by Gasteiger charge is -2.11. The van der Waals surface area contributed by atoms with Gasteiger partial charge in [0.05, 0.1) is 12.3 Å². The summed E-state index contributed by atoms with van der Waals surface area (Å²) >= 11 is 0. The molecule has 1 atom stereocenters. The number of aromatic nitrogens is 4. The zero-order valence-electron chi connectivity index (χ0n) is 13.5. The van der Waals surface area contributed by atoms with Crippen molar-refractivity contribution < 1.29 is 4.74 Å². The molecule has 3 rings (SSSR count). The van der Waals surface area contributed by atoms with Gasteiger partial charge < -0.3 is 10.1 Å². The number of nitrogens with one attached hydrogen (secondary N) is 1. The molecular formula is C17H23N5O. The smallest absolute Gasteiger partial charge is 0.180 e. The first-order valence-electron chi connectivity index (χ1n) is 8.24. The van der Waals surface area contributed by atoms with Gasteiger partial charge in [-0.15, -0.1) is 5.10 Å². The van der Waals surface area contributed by atoms with E-state index in [2.05, 4.69) is 25.5 Å². The summed E-state index contributed by atoms with van der Waals surface area (Å²) in [5, 5.41) is 11.9. The number of hydrogen-bond acceptors (Lipinski definition) is 6. The van der Waals surface area contributed by atoms with Crippen LogP contribution in [0, 0.1) is 6.92 Å². The second kappa shape index (κ2) is 8.08. The van der Waals surface area contributed by atoms with E-state index in [-0.39, 0.29) is 0 Å². The van der Waals surface area contributed by atoms with E-state index >= 15 is 0 Å². The summed E-state index contributed by atoms with van der Waals surface area (Å²) in [7, 11) is 0. The van der Waals surface area contributed by atoms with Crippen molar-refractivity contribution in [1.82, 2.24) is 25.5 Å².